The number of β-amino-alcohol motifs (C(OH)–C–C–N with tert-alkyl or cyclic N) is 1. The summed E-state index contributed by atoms with van der Waals surface area (Å²) in [5, 5.41) is 21.2. The Labute approximate surface area is 449 Å². The smallest absolute Gasteiger partial charge is 0.338 e. The van der Waals surface area contributed by atoms with Crippen molar-refractivity contribution in [1.29, 1.82) is 0 Å². The van der Waals surface area contributed by atoms with E-state index in [1.165, 1.54) is 34.1 Å². The number of rotatable bonds is 25. The van der Waals surface area contributed by atoms with E-state index in [-0.39, 0.29) is 120 Å². The summed E-state index contributed by atoms with van der Waals surface area (Å²) in [7, 11) is 3.39. The zero-order valence-corrected chi connectivity index (χ0v) is 44.3. The van der Waals surface area contributed by atoms with Crippen molar-refractivity contribution in [1.82, 2.24) is 19.6 Å². The Morgan fingerprint density at radius 2 is 1.18 bits per heavy atom. The lowest BCUT2D eigenvalue weighted by atomic mass is 9.97. The number of carbonyl (C=O) groups is 7. The lowest BCUT2D eigenvalue weighted by Crippen LogP contribution is -2.47. The molecule has 2 saturated heterocycles. The fraction of sp³-hybridized carbons (Fsp3) is 0.604. The van der Waals surface area contributed by atoms with Crippen LogP contribution in [0.5, 0.6) is 0 Å². The number of halogens is 2. The molecular formula is C53H77BCl2N5O13. The van der Waals surface area contributed by atoms with Gasteiger partial charge in [-0.1, -0.05) is 31.7 Å². The molecule has 4 aliphatic rings. The summed E-state index contributed by atoms with van der Waals surface area (Å²) >= 11 is 9.53. The molecule has 0 spiro atoms. The molecule has 5 rings (SSSR count). The van der Waals surface area contributed by atoms with Crippen LogP contribution in [0.15, 0.2) is 74.9 Å². The summed E-state index contributed by atoms with van der Waals surface area (Å²) in [4.78, 5) is 107. The molecule has 4 fully saturated rings. The third-order valence-corrected chi connectivity index (χ3v) is 13.5. The van der Waals surface area contributed by atoms with E-state index >= 15 is 0 Å². The van der Waals surface area contributed by atoms with Gasteiger partial charge < -0.3 is 38.9 Å². The molecule has 18 nitrogen and oxygen atoms in total. The number of non-ortho nitro benzene ring substituents is 1. The predicted octanol–water partition coefficient (Wildman–Crippen LogP) is 7.27. The first-order valence-corrected chi connectivity index (χ1v) is 25.5. The van der Waals surface area contributed by atoms with E-state index in [4.69, 9.17) is 37.4 Å². The summed E-state index contributed by atoms with van der Waals surface area (Å²) in [6.07, 6.45) is 11.8. The number of likely N-dealkylation sites (N-methyl/N-ethyl adjacent to an activating group) is 2. The van der Waals surface area contributed by atoms with Crippen LogP contribution in [0.3, 0.4) is 0 Å². The molecule has 3 radical (unpaired) electrons. The lowest BCUT2D eigenvalue weighted by molar-refractivity contribution is -0.384. The van der Waals surface area contributed by atoms with Gasteiger partial charge in [-0.05, 0) is 89.2 Å². The van der Waals surface area contributed by atoms with Crippen molar-refractivity contribution in [2.75, 3.05) is 58.8 Å². The van der Waals surface area contributed by atoms with Gasteiger partial charge >= 0.3 is 17.9 Å². The van der Waals surface area contributed by atoms with Gasteiger partial charge in [-0.25, -0.2) is 4.79 Å². The first kappa shape index (κ1) is 66.5. The SMILES string of the molecule is C.C=CCCCCN(C)C(=O)[C@@H]1C[C@@H](O)CN1C(=O)C[C@]1(C(=O)OCC)C[C@H]1C=C.C=CCCCCN(C)C(=O)[C@@H]1C[C@@H](OC(=O)c2ccc([N+](=O)[O-])cc2)CN1C(=O)C[C@]1(C(=O)OCC)C[C@H]1C=C.ClCCl.[B]. The zero-order valence-electron chi connectivity index (χ0n) is 42.8. The Balaban J connectivity index is 0.000000714. The average Bonchev–Trinajstić information content (AvgIpc) is 4.15. The molecule has 21 heteroatoms. The summed E-state index contributed by atoms with van der Waals surface area (Å²) in [6.45, 7) is 19.9. The molecule has 0 aromatic heterocycles. The minimum atomic E-state index is -1.01. The molecule has 8 atom stereocenters. The van der Waals surface area contributed by atoms with Gasteiger partial charge in [0.2, 0.25) is 23.6 Å². The number of esters is 3. The summed E-state index contributed by atoms with van der Waals surface area (Å²) in [6, 6.07) is 3.44. The number of nitro benzene ring substituents is 1. The maximum atomic E-state index is 13.6. The Bertz CT molecular complexity index is 2120. The highest BCUT2D eigenvalue weighted by molar-refractivity contribution is 6.40. The topological polar surface area (TPSA) is 224 Å². The first-order chi connectivity index (χ1) is 34.3. The van der Waals surface area contributed by atoms with E-state index in [2.05, 4.69) is 26.3 Å². The van der Waals surface area contributed by atoms with Gasteiger partial charge in [0.05, 0.1) is 52.5 Å². The number of amides is 4. The number of hydrogen-bond acceptors (Lipinski definition) is 13. The van der Waals surface area contributed by atoms with Crippen LogP contribution in [-0.4, -0.2) is 163 Å². The van der Waals surface area contributed by atoms with E-state index in [1.807, 2.05) is 12.2 Å². The number of aliphatic hydroxyl groups excluding tert-OH is 1. The zero-order chi connectivity index (χ0) is 53.8. The van der Waals surface area contributed by atoms with Crippen molar-refractivity contribution < 1.29 is 57.8 Å². The number of likely N-dealkylation sites (tertiary alicyclic amines) is 2. The van der Waals surface area contributed by atoms with Crippen molar-refractivity contribution in [2.24, 2.45) is 22.7 Å². The third kappa shape index (κ3) is 17.8. The molecule has 4 amide bonds. The van der Waals surface area contributed by atoms with Gasteiger partial charge in [-0.3, -0.25) is 38.9 Å². The largest absolute Gasteiger partial charge is 0.466 e. The number of nitro groups is 1. The standard InChI is InChI=1S/C29H37N3O8.C22H34N2O5.CH2Cl2.CH4.B/c1-5-8-9-10-15-30(4)26(34)24-16-23(40-27(35)20-11-13-22(14-12-20)32(37)38)19-31(24)25(33)18-29(17-21(29)6-2)28(36)39-7-3;1-5-8-9-10-11-23(4)20(27)18-12-17(25)15-24(18)19(26)14-22(13-16(22)6-2)21(28)29-7-3;2-1-3;;/h5-6,11-14,21,23-24H,1-2,7-10,15-19H2,3-4H3;5-6,16-18,25H,1-2,7-15H2,3-4H3;1H2;1H4;/t21-,23-,24+,29-;16-,17-,18+,22-;;;/m11.../s1. The van der Waals surface area contributed by atoms with Crippen LogP contribution in [-0.2, 0) is 43.0 Å². The minimum Gasteiger partial charge on any atom is -0.466 e. The van der Waals surface area contributed by atoms with Crippen LogP contribution < -0.4 is 0 Å². The maximum absolute atomic E-state index is 13.6. The molecule has 2 aliphatic carbocycles. The number of nitrogens with zero attached hydrogens (tertiary/aromatic N) is 5. The van der Waals surface area contributed by atoms with Crippen molar-refractivity contribution in [3.05, 3.63) is 90.6 Å². The highest BCUT2D eigenvalue weighted by atomic mass is 35.5. The van der Waals surface area contributed by atoms with Crippen LogP contribution in [0.25, 0.3) is 0 Å². The molecule has 1 aromatic rings. The van der Waals surface area contributed by atoms with Gasteiger partial charge in [-0.2, -0.15) is 0 Å². The molecule has 0 unspecified atom stereocenters. The Kier molecular flexibility index (Phi) is 28.8. The second kappa shape index (κ2) is 32.0. The van der Waals surface area contributed by atoms with E-state index in [1.54, 1.807) is 49.9 Å². The van der Waals surface area contributed by atoms with Crippen LogP contribution in [0.2, 0.25) is 0 Å². The average molecular weight is 1070 g/mol. The second-order valence-corrected chi connectivity index (χ2v) is 19.3. The number of unbranched alkanes of at least 4 members (excludes halogenated alkanes) is 4. The third-order valence-electron chi connectivity index (χ3n) is 13.5. The summed E-state index contributed by atoms with van der Waals surface area (Å²) < 4.78 is 16.0. The van der Waals surface area contributed by atoms with Crippen LogP contribution in [0.1, 0.15) is 109 Å². The number of benzene rings is 1. The first-order valence-electron chi connectivity index (χ1n) is 24.4. The van der Waals surface area contributed by atoms with Crippen LogP contribution >= 0.6 is 23.2 Å². The minimum absolute atomic E-state index is 0. The fourth-order valence-corrected chi connectivity index (χ4v) is 9.26. The molecule has 2 saturated carbocycles. The van der Waals surface area contributed by atoms with E-state index in [9.17, 15) is 48.8 Å². The van der Waals surface area contributed by atoms with Crippen molar-refractivity contribution >= 4 is 78.8 Å². The molecule has 74 heavy (non-hydrogen) atoms. The van der Waals surface area contributed by atoms with E-state index in [0.29, 0.717) is 25.9 Å². The highest BCUT2D eigenvalue weighted by Gasteiger charge is 2.62. The lowest BCUT2D eigenvalue weighted by Gasteiger charge is -2.29. The van der Waals surface area contributed by atoms with Gasteiger partial charge in [0.25, 0.3) is 5.69 Å². The summed E-state index contributed by atoms with van der Waals surface area (Å²) in [5.41, 5.74) is -1.94. The molecule has 409 valence electrons. The van der Waals surface area contributed by atoms with Crippen LogP contribution in [0.4, 0.5) is 5.69 Å². The van der Waals surface area contributed by atoms with Crippen molar-refractivity contribution in [3.63, 3.8) is 0 Å². The van der Waals surface area contributed by atoms with Gasteiger partial charge in [0.1, 0.15) is 18.2 Å². The second-order valence-electron chi connectivity index (χ2n) is 18.5. The molecule has 1 aromatic carbocycles. The van der Waals surface area contributed by atoms with Crippen LogP contribution in [0, 0.1) is 32.8 Å². The normalized spacial score (nSPS) is 23.7. The van der Waals surface area contributed by atoms with E-state index < -0.39 is 57.9 Å². The summed E-state index contributed by atoms with van der Waals surface area (Å²) in [5.74, 6) is -3.00. The van der Waals surface area contributed by atoms with Gasteiger partial charge in [-0.15, -0.1) is 49.5 Å². The highest BCUT2D eigenvalue weighted by Crippen LogP contribution is 2.58. The molecule has 2 heterocycles. The number of hydrogen-bond donors (Lipinski definition) is 1. The van der Waals surface area contributed by atoms with E-state index in [0.717, 1.165) is 38.5 Å². The molecule has 1 N–H and O–H groups in total. The molecule has 2 aliphatic heterocycles. The number of alkyl halides is 2. The maximum Gasteiger partial charge on any atom is 0.338 e. The number of carbonyl (C=O) groups excluding carboxylic acids is 7. The number of ether oxygens (including phenoxy) is 3. The quantitative estimate of drug-likeness (QED) is 0.0149. The number of allylic oxidation sites excluding steroid dienone is 4. The molecular weight excluding hydrogens is 996 g/mol. The fourth-order valence-electron chi connectivity index (χ4n) is 9.26. The van der Waals surface area contributed by atoms with Gasteiger partial charge in [0.15, 0.2) is 0 Å². The predicted molar refractivity (Wildman–Crippen MR) is 285 cm³/mol. The van der Waals surface area contributed by atoms with Gasteiger partial charge in [0, 0.05) is 80.0 Å². The van der Waals surface area contributed by atoms with Crippen molar-refractivity contribution in [3.8, 4) is 0 Å². The monoisotopic (exact) mass is 1070 g/mol. The number of aliphatic hydroxyl groups is 1. The Hall–Kier alpha value is -5.53. The van der Waals surface area contributed by atoms with Crippen molar-refractivity contribution in [2.45, 2.75) is 123 Å². The Morgan fingerprint density at radius 3 is 1.55 bits per heavy atom. The molecule has 0 bridgehead atoms. The Morgan fingerprint density at radius 1 is 0.757 bits per heavy atom.